The molecule has 4 heteroatoms. The second kappa shape index (κ2) is 5.95. The average Bonchev–Trinajstić information content (AvgIpc) is 2.65. The number of hydrogen-bond donors (Lipinski definition) is 1. The second-order valence-electron chi connectivity index (χ2n) is 4.02. The highest BCUT2D eigenvalue weighted by Crippen LogP contribution is 2.24. The first-order valence-electron chi connectivity index (χ1n) is 5.22. The lowest BCUT2D eigenvalue weighted by atomic mass is 10.1. The lowest BCUT2D eigenvalue weighted by molar-refractivity contribution is -0.123. The van der Waals surface area contributed by atoms with Crippen LogP contribution in [-0.4, -0.2) is 24.0 Å². The molecule has 0 radical (unpaired) electrons. The minimum atomic E-state index is -0.102. The maximum atomic E-state index is 11.5. The van der Waals surface area contributed by atoms with Crippen molar-refractivity contribution in [1.82, 2.24) is 5.32 Å². The smallest absolute Gasteiger partial charge is 0.257 e. The highest BCUT2D eigenvalue weighted by Gasteiger charge is 2.14. The molecule has 0 bridgehead atoms. The van der Waals surface area contributed by atoms with Gasteiger partial charge in [-0.3, -0.25) is 9.59 Å². The van der Waals surface area contributed by atoms with Crippen LogP contribution in [0.15, 0.2) is 11.0 Å². The minimum Gasteiger partial charge on any atom is -0.345 e. The van der Waals surface area contributed by atoms with E-state index in [1.807, 2.05) is 19.9 Å². The molecule has 0 unspecified atom stereocenters. The summed E-state index contributed by atoms with van der Waals surface area (Å²) in [4.78, 5) is 23.6. The van der Waals surface area contributed by atoms with Crippen molar-refractivity contribution in [3.63, 3.8) is 0 Å². The summed E-state index contributed by atoms with van der Waals surface area (Å²) >= 11 is 1.55. The molecule has 1 aliphatic heterocycles. The fourth-order valence-corrected chi connectivity index (χ4v) is 2.26. The van der Waals surface area contributed by atoms with Gasteiger partial charge in [0.05, 0.1) is 11.4 Å². The predicted molar refractivity (Wildman–Crippen MR) is 62.6 cm³/mol. The molecule has 0 saturated carbocycles. The highest BCUT2D eigenvalue weighted by molar-refractivity contribution is 8.04. The van der Waals surface area contributed by atoms with Crippen molar-refractivity contribution in [2.24, 2.45) is 5.92 Å². The van der Waals surface area contributed by atoms with E-state index in [-0.39, 0.29) is 18.2 Å². The lowest BCUT2D eigenvalue weighted by Gasteiger charge is -2.06. The van der Waals surface area contributed by atoms with E-state index in [9.17, 15) is 9.59 Å². The Morgan fingerprint density at radius 3 is 2.80 bits per heavy atom. The molecule has 0 aromatic carbocycles. The van der Waals surface area contributed by atoms with Gasteiger partial charge in [0, 0.05) is 12.2 Å². The molecule has 0 saturated heterocycles. The van der Waals surface area contributed by atoms with Crippen molar-refractivity contribution in [2.75, 3.05) is 12.3 Å². The minimum absolute atomic E-state index is 0.0990. The third kappa shape index (κ3) is 4.51. The van der Waals surface area contributed by atoms with Gasteiger partial charge in [-0.25, -0.2) is 0 Å². The van der Waals surface area contributed by atoms with Gasteiger partial charge in [-0.2, -0.15) is 0 Å². The maximum Gasteiger partial charge on any atom is 0.257 e. The van der Waals surface area contributed by atoms with E-state index in [1.165, 1.54) is 0 Å². The van der Waals surface area contributed by atoms with Gasteiger partial charge >= 0.3 is 0 Å². The SMILES string of the molecule is CC(C)CC(=O)CNC(=O)C1=CCCS1. The summed E-state index contributed by atoms with van der Waals surface area (Å²) in [6, 6.07) is 0. The van der Waals surface area contributed by atoms with Crippen molar-refractivity contribution >= 4 is 23.5 Å². The number of allylic oxidation sites excluding steroid dienone is 1. The van der Waals surface area contributed by atoms with Gasteiger partial charge in [-0.05, 0) is 12.3 Å². The van der Waals surface area contributed by atoms with Gasteiger partial charge < -0.3 is 5.32 Å². The van der Waals surface area contributed by atoms with E-state index >= 15 is 0 Å². The quantitative estimate of drug-likeness (QED) is 0.778. The van der Waals surface area contributed by atoms with Gasteiger partial charge in [-0.1, -0.05) is 19.9 Å². The van der Waals surface area contributed by atoms with Crippen molar-refractivity contribution in [2.45, 2.75) is 26.7 Å². The Morgan fingerprint density at radius 2 is 2.27 bits per heavy atom. The zero-order chi connectivity index (χ0) is 11.3. The molecule has 0 aliphatic carbocycles. The Hall–Kier alpha value is -0.770. The predicted octanol–water partition coefficient (Wildman–Crippen LogP) is 1.74. The van der Waals surface area contributed by atoms with E-state index in [2.05, 4.69) is 5.32 Å². The number of Topliss-reactive ketones (excluding diaryl/α,β-unsaturated/α-hetero) is 1. The van der Waals surface area contributed by atoms with Crippen LogP contribution >= 0.6 is 11.8 Å². The second-order valence-corrected chi connectivity index (χ2v) is 5.16. The van der Waals surface area contributed by atoms with Crippen LogP contribution in [0.5, 0.6) is 0 Å². The molecule has 84 valence electrons. The van der Waals surface area contributed by atoms with Crippen molar-refractivity contribution in [3.8, 4) is 0 Å². The fraction of sp³-hybridized carbons (Fsp3) is 0.636. The van der Waals surface area contributed by atoms with Crippen LogP contribution in [0, 0.1) is 5.92 Å². The van der Waals surface area contributed by atoms with Gasteiger partial charge in [0.25, 0.3) is 5.91 Å². The third-order valence-corrected chi connectivity index (χ3v) is 3.11. The molecule has 1 rings (SSSR count). The standard InChI is InChI=1S/C11H17NO2S/c1-8(2)6-9(13)7-12-11(14)10-4-3-5-15-10/h4,8H,3,5-7H2,1-2H3,(H,12,14). The molecule has 15 heavy (non-hydrogen) atoms. The number of rotatable bonds is 5. The van der Waals surface area contributed by atoms with Crippen molar-refractivity contribution in [3.05, 3.63) is 11.0 Å². The summed E-state index contributed by atoms with van der Waals surface area (Å²) in [7, 11) is 0. The van der Waals surface area contributed by atoms with Crippen LogP contribution in [0.1, 0.15) is 26.7 Å². The monoisotopic (exact) mass is 227 g/mol. The number of thioether (sulfide) groups is 1. The molecule has 0 spiro atoms. The topological polar surface area (TPSA) is 46.2 Å². The van der Waals surface area contributed by atoms with E-state index in [4.69, 9.17) is 0 Å². The zero-order valence-electron chi connectivity index (χ0n) is 9.21. The number of ketones is 1. The van der Waals surface area contributed by atoms with E-state index < -0.39 is 0 Å². The summed E-state index contributed by atoms with van der Waals surface area (Å²) in [5.74, 6) is 1.33. The van der Waals surface area contributed by atoms with Gasteiger partial charge in [0.2, 0.25) is 0 Å². The molecule has 0 atom stereocenters. The molecule has 1 heterocycles. The van der Waals surface area contributed by atoms with Crippen molar-refractivity contribution < 1.29 is 9.59 Å². The maximum absolute atomic E-state index is 11.5. The first kappa shape index (κ1) is 12.3. The molecule has 0 aromatic heterocycles. The van der Waals surface area contributed by atoms with E-state index in [0.717, 1.165) is 17.1 Å². The molecular formula is C11H17NO2S. The molecule has 1 amide bonds. The summed E-state index contributed by atoms with van der Waals surface area (Å²) in [6.07, 6.45) is 3.41. The third-order valence-electron chi connectivity index (χ3n) is 2.01. The van der Waals surface area contributed by atoms with Gasteiger partial charge in [-0.15, -0.1) is 11.8 Å². The van der Waals surface area contributed by atoms with E-state index in [0.29, 0.717) is 12.3 Å². The Kier molecular flexibility index (Phi) is 4.88. The molecule has 3 nitrogen and oxygen atoms in total. The Bertz CT molecular complexity index is 284. The molecule has 1 N–H and O–H groups in total. The number of carbonyl (C=O) groups excluding carboxylic acids is 2. The summed E-state index contributed by atoms with van der Waals surface area (Å²) < 4.78 is 0. The number of nitrogens with one attached hydrogen (secondary N) is 1. The van der Waals surface area contributed by atoms with Gasteiger partial charge in [0.1, 0.15) is 0 Å². The van der Waals surface area contributed by atoms with E-state index in [1.54, 1.807) is 11.8 Å². The van der Waals surface area contributed by atoms with Gasteiger partial charge in [0.15, 0.2) is 5.78 Å². The van der Waals surface area contributed by atoms with Crippen LogP contribution in [0.4, 0.5) is 0 Å². The highest BCUT2D eigenvalue weighted by atomic mass is 32.2. The van der Waals surface area contributed by atoms with Crippen LogP contribution < -0.4 is 5.32 Å². The first-order valence-corrected chi connectivity index (χ1v) is 6.21. The number of amides is 1. The zero-order valence-corrected chi connectivity index (χ0v) is 10.0. The summed E-state index contributed by atoms with van der Waals surface area (Å²) in [5.41, 5.74) is 0. The van der Waals surface area contributed by atoms with Crippen LogP contribution in [-0.2, 0) is 9.59 Å². The molecule has 0 fully saturated rings. The molecular weight excluding hydrogens is 210 g/mol. The van der Waals surface area contributed by atoms with Crippen LogP contribution in [0.3, 0.4) is 0 Å². The van der Waals surface area contributed by atoms with Crippen molar-refractivity contribution in [1.29, 1.82) is 0 Å². The lowest BCUT2D eigenvalue weighted by Crippen LogP contribution is -2.30. The Balaban J connectivity index is 2.24. The fourth-order valence-electron chi connectivity index (χ4n) is 1.37. The Labute approximate surface area is 94.7 Å². The molecule has 1 aliphatic rings. The Morgan fingerprint density at radius 1 is 1.53 bits per heavy atom. The van der Waals surface area contributed by atoms with Crippen LogP contribution in [0.2, 0.25) is 0 Å². The largest absolute Gasteiger partial charge is 0.345 e. The van der Waals surface area contributed by atoms with Crippen LogP contribution in [0.25, 0.3) is 0 Å². The number of carbonyl (C=O) groups is 2. The molecule has 0 aromatic rings. The first-order chi connectivity index (χ1) is 7.09. The normalized spacial score (nSPS) is 15.3. The summed E-state index contributed by atoms with van der Waals surface area (Å²) in [6.45, 7) is 4.15. The summed E-state index contributed by atoms with van der Waals surface area (Å²) in [5, 5.41) is 2.65. The average molecular weight is 227 g/mol. The number of hydrogen-bond acceptors (Lipinski definition) is 3.